The summed E-state index contributed by atoms with van der Waals surface area (Å²) < 4.78 is 0. The highest BCUT2D eigenvalue weighted by Crippen LogP contribution is 2.25. The number of amides is 1. The average Bonchev–Trinajstić information content (AvgIpc) is 3.09. The lowest BCUT2D eigenvalue weighted by Crippen LogP contribution is -2.39. The van der Waals surface area contributed by atoms with Crippen molar-refractivity contribution < 1.29 is 4.79 Å². The zero-order chi connectivity index (χ0) is 14.7. The van der Waals surface area contributed by atoms with Crippen LogP contribution in [0.2, 0.25) is 0 Å². The van der Waals surface area contributed by atoms with Gasteiger partial charge in [0.05, 0.1) is 12.0 Å². The molecule has 1 amide bonds. The van der Waals surface area contributed by atoms with E-state index in [1.165, 1.54) is 4.88 Å². The Morgan fingerprint density at radius 2 is 2.10 bits per heavy atom. The largest absolute Gasteiger partial charge is 0.337 e. The number of likely N-dealkylation sites (tertiary alicyclic amines) is 1. The summed E-state index contributed by atoms with van der Waals surface area (Å²) in [7, 11) is 0. The van der Waals surface area contributed by atoms with Gasteiger partial charge in [0, 0.05) is 23.5 Å². The fourth-order valence-electron chi connectivity index (χ4n) is 2.67. The molecule has 0 N–H and O–H groups in total. The zero-order valence-corrected chi connectivity index (χ0v) is 12.5. The second-order valence-electron chi connectivity index (χ2n) is 5.27. The molecule has 1 aromatic heterocycles. The van der Waals surface area contributed by atoms with Gasteiger partial charge in [-0.15, -0.1) is 11.3 Å². The lowest BCUT2D eigenvalue weighted by molar-refractivity contribution is 0.0699. The molecule has 1 aliphatic rings. The van der Waals surface area contributed by atoms with Crippen molar-refractivity contribution in [1.29, 1.82) is 5.26 Å². The van der Waals surface area contributed by atoms with Crippen LogP contribution in [0.1, 0.15) is 23.2 Å². The summed E-state index contributed by atoms with van der Waals surface area (Å²) in [5.74, 6) is 0.0146. The van der Waals surface area contributed by atoms with Crippen molar-refractivity contribution in [2.45, 2.75) is 12.8 Å². The first-order valence-corrected chi connectivity index (χ1v) is 7.99. The van der Waals surface area contributed by atoms with Crippen LogP contribution in [0, 0.1) is 17.2 Å². The second-order valence-corrected chi connectivity index (χ2v) is 6.22. The van der Waals surface area contributed by atoms with Crippen LogP contribution in [0.5, 0.6) is 0 Å². The lowest BCUT2D eigenvalue weighted by Gasteiger charge is -2.29. The third-order valence-electron chi connectivity index (χ3n) is 3.83. The van der Waals surface area contributed by atoms with Crippen LogP contribution in [0.4, 0.5) is 0 Å². The van der Waals surface area contributed by atoms with Crippen molar-refractivity contribution in [3.05, 3.63) is 47.3 Å². The molecular weight excluding hydrogens is 280 g/mol. The van der Waals surface area contributed by atoms with E-state index >= 15 is 0 Å². The SMILES string of the molecule is N#C[C@@H]1CCCN(C(=O)c2ccc(-c3cccs3)cc2)C1. The van der Waals surface area contributed by atoms with Crippen LogP contribution in [0.15, 0.2) is 41.8 Å². The number of rotatable bonds is 2. The minimum absolute atomic E-state index is 0.0203. The number of benzene rings is 1. The number of carbonyl (C=O) groups excluding carboxylic acids is 1. The number of hydrogen-bond acceptors (Lipinski definition) is 3. The van der Waals surface area contributed by atoms with Crippen LogP contribution in [-0.2, 0) is 0 Å². The monoisotopic (exact) mass is 296 g/mol. The zero-order valence-electron chi connectivity index (χ0n) is 11.7. The van der Waals surface area contributed by atoms with Gasteiger partial charge in [0.25, 0.3) is 5.91 Å². The number of thiophene rings is 1. The Morgan fingerprint density at radius 1 is 1.29 bits per heavy atom. The van der Waals surface area contributed by atoms with E-state index in [-0.39, 0.29) is 11.8 Å². The van der Waals surface area contributed by atoms with Crippen LogP contribution in [-0.4, -0.2) is 23.9 Å². The molecule has 0 spiro atoms. The molecule has 4 heteroatoms. The molecule has 2 aromatic rings. The van der Waals surface area contributed by atoms with Crippen molar-refractivity contribution in [3.63, 3.8) is 0 Å². The highest BCUT2D eigenvalue weighted by atomic mass is 32.1. The van der Waals surface area contributed by atoms with E-state index in [1.807, 2.05) is 35.7 Å². The molecule has 1 aliphatic heterocycles. The molecule has 0 aliphatic carbocycles. The van der Waals surface area contributed by atoms with Crippen LogP contribution in [0.3, 0.4) is 0 Å². The van der Waals surface area contributed by atoms with Gasteiger partial charge in [-0.25, -0.2) is 0 Å². The van der Waals surface area contributed by atoms with Gasteiger partial charge in [-0.2, -0.15) is 5.26 Å². The van der Waals surface area contributed by atoms with Gasteiger partial charge in [-0.05, 0) is 42.0 Å². The van der Waals surface area contributed by atoms with Gasteiger partial charge in [0.2, 0.25) is 0 Å². The van der Waals surface area contributed by atoms with Crippen molar-refractivity contribution >= 4 is 17.2 Å². The van der Waals surface area contributed by atoms with E-state index in [0.717, 1.165) is 24.9 Å². The summed E-state index contributed by atoms with van der Waals surface area (Å²) in [6.07, 6.45) is 1.81. The average molecular weight is 296 g/mol. The Morgan fingerprint density at radius 3 is 2.76 bits per heavy atom. The molecule has 0 bridgehead atoms. The summed E-state index contributed by atoms with van der Waals surface area (Å²) in [5.41, 5.74) is 1.84. The first kappa shape index (κ1) is 13.8. The molecule has 1 saturated heterocycles. The van der Waals surface area contributed by atoms with Crippen LogP contribution >= 0.6 is 11.3 Å². The van der Waals surface area contributed by atoms with Gasteiger partial charge in [0.1, 0.15) is 0 Å². The summed E-state index contributed by atoms with van der Waals surface area (Å²) >= 11 is 1.69. The topological polar surface area (TPSA) is 44.1 Å². The molecular formula is C17H16N2OS. The molecule has 2 heterocycles. The fraction of sp³-hybridized carbons (Fsp3) is 0.294. The third-order valence-corrected chi connectivity index (χ3v) is 4.75. The Bertz CT molecular complexity index is 655. The number of hydrogen-bond donors (Lipinski definition) is 0. The Hall–Kier alpha value is -2.12. The molecule has 0 radical (unpaired) electrons. The maximum absolute atomic E-state index is 12.5. The van der Waals surface area contributed by atoms with E-state index in [4.69, 9.17) is 5.26 Å². The van der Waals surface area contributed by atoms with Gasteiger partial charge in [-0.1, -0.05) is 18.2 Å². The number of nitrogens with zero attached hydrogens (tertiary/aromatic N) is 2. The normalized spacial score (nSPS) is 18.2. The number of nitriles is 1. The molecule has 1 fully saturated rings. The van der Waals surface area contributed by atoms with E-state index in [1.54, 1.807) is 16.2 Å². The highest BCUT2D eigenvalue weighted by molar-refractivity contribution is 7.13. The molecule has 21 heavy (non-hydrogen) atoms. The maximum Gasteiger partial charge on any atom is 0.253 e. The molecule has 3 rings (SSSR count). The Labute approximate surface area is 128 Å². The number of piperidine rings is 1. The predicted octanol–water partition coefficient (Wildman–Crippen LogP) is 3.79. The standard InChI is InChI=1S/C17H16N2OS/c18-11-13-3-1-9-19(12-13)17(20)15-7-5-14(6-8-15)16-4-2-10-21-16/h2,4-8,10,13H,1,3,9,12H2/t13-/m0/s1. The van der Waals surface area contributed by atoms with Crippen molar-refractivity contribution in [1.82, 2.24) is 4.90 Å². The summed E-state index contributed by atoms with van der Waals surface area (Å²) in [4.78, 5) is 15.5. The van der Waals surface area contributed by atoms with Gasteiger partial charge in [-0.3, -0.25) is 4.79 Å². The van der Waals surface area contributed by atoms with Crippen molar-refractivity contribution in [3.8, 4) is 16.5 Å². The van der Waals surface area contributed by atoms with Crippen molar-refractivity contribution in [2.24, 2.45) is 5.92 Å². The quantitative estimate of drug-likeness (QED) is 0.846. The van der Waals surface area contributed by atoms with Gasteiger partial charge in [0.15, 0.2) is 0 Å². The number of carbonyl (C=O) groups is 1. The Balaban J connectivity index is 1.75. The minimum atomic E-state index is -0.0203. The maximum atomic E-state index is 12.5. The molecule has 3 nitrogen and oxygen atoms in total. The van der Waals surface area contributed by atoms with Gasteiger partial charge >= 0.3 is 0 Å². The lowest BCUT2D eigenvalue weighted by atomic mass is 9.99. The summed E-state index contributed by atoms with van der Waals surface area (Å²) in [5, 5.41) is 11.1. The van der Waals surface area contributed by atoms with Crippen LogP contribution < -0.4 is 0 Å². The molecule has 1 atom stereocenters. The predicted molar refractivity (Wildman–Crippen MR) is 84.0 cm³/mol. The molecule has 0 unspecified atom stereocenters. The second kappa shape index (κ2) is 6.11. The molecule has 1 aromatic carbocycles. The first-order chi connectivity index (χ1) is 10.3. The minimum Gasteiger partial charge on any atom is -0.337 e. The van der Waals surface area contributed by atoms with E-state index in [0.29, 0.717) is 12.1 Å². The first-order valence-electron chi connectivity index (χ1n) is 7.11. The van der Waals surface area contributed by atoms with Gasteiger partial charge < -0.3 is 4.90 Å². The highest BCUT2D eigenvalue weighted by Gasteiger charge is 2.24. The van der Waals surface area contributed by atoms with E-state index < -0.39 is 0 Å². The van der Waals surface area contributed by atoms with Crippen LogP contribution in [0.25, 0.3) is 10.4 Å². The molecule has 0 saturated carbocycles. The summed E-state index contributed by atoms with van der Waals surface area (Å²) in [6, 6.07) is 14.1. The Kier molecular flexibility index (Phi) is 4.03. The third kappa shape index (κ3) is 2.98. The fourth-order valence-corrected chi connectivity index (χ4v) is 3.40. The smallest absolute Gasteiger partial charge is 0.253 e. The van der Waals surface area contributed by atoms with Crippen molar-refractivity contribution in [2.75, 3.05) is 13.1 Å². The summed E-state index contributed by atoms with van der Waals surface area (Å²) in [6.45, 7) is 1.31. The van der Waals surface area contributed by atoms with E-state index in [9.17, 15) is 4.79 Å². The van der Waals surface area contributed by atoms with E-state index in [2.05, 4.69) is 12.1 Å². The molecule has 106 valence electrons.